The van der Waals surface area contributed by atoms with Gasteiger partial charge in [-0.15, -0.1) is 0 Å². The van der Waals surface area contributed by atoms with Crippen LogP contribution in [-0.4, -0.2) is 47.5 Å². The fraction of sp³-hybridized carbons (Fsp3) is 0.643. The van der Waals surface area contributed by atoms with Gasteiger partial charge >= 0.3 is 0 Å². The Hall–Kier alpha value is -1.49. The van der Waals surface area contributed by atoms with Gasteiger partial charge in [0.2, 0.25) is 5.91 Å². The number of rotatable bonds is 7. The zero-order valence-corrected chi connectivity index (χ0v) is 12.4. The quantitative estimate of drug-likeness (QED) is 0.754. The highest BCUT2D eigenvalue weighted by Crippen LogP contribution is 2.09. The number of aryl methyl sites for hydroxylation is 1. The summed E-state index contributed by atoms with van der Waals surface area (Å²) in [5.41, 5.74) is 0.738. The van der Waals surface area contributed by atoms with E-state index in [1.807, 2.05) is 6.92 Å². The summed E-state index contributed by atoms with van der Waals surface area (Å²) >= 11 is 0. The molecule has 1 amide bonds. The van der Waals surface area contributed by atoms with Crippen molar-refractivity contribution >= 4 is 11.6 Å². The van der Waals surface area contributed by atoms with Gasteiger partial charge in [0.05, 0.1) is 24.6 Å². The predicted octanol–water partition coefficient (Wildman–Crippen LogP) is 1.87. The molecule has 0 fully saturated rings. The molecule has 5 heteroatoms. The third-order valence-corrected chi connectivity index (χ3v) is 3.16. The van der Waals surface area contributed by atoms with E-state index in [0.717, 1.165) is 31.6 Å². The zero-order chi connectivity index (χ0) is 14.3. The number of hydrogen-bond acceptors (Lipinski definition) is 4. The predicted molar refractivity (Wildman–Crippen MR) is 77.2 cm³/mol. The Labute approximate surface area is 115 Å². The van der Waals surface area contributed by atoms with Crippen molar-refractivity contribution in [1.82, 2.24) is 14.9 Å². The molecule has 0 aromatic carbocycles. The molecule has 19 heavy (non-hydrogen) atoms. The normalized spacial score (nSPS) is 10.8. The summed E-state index contributed by atoms with van der Waals surface area (Å²) < 4.78 is 0. The van der Waals surface area contributed by atoms with Crippen LogP contribution in [0, 0.1) is 6.92 Å². The number of carbonyl (C=O) groups excluding carboxylic acids is 1. The van der Waals surface area contributed by atoms with Crippen LogP contribution in [0.1, 0.15) is 32.5 Å². The summed E-state index contributed by atoms with van der Waals surface area (Å²) in [6.45, 7) is 8.38. The van der Waals surface area contributed by atoms with Crippen LogP contribution < -0.4 is 4.90 Å². The second-order valence-electron chi connectivity index (χ2n) is 4.66. The van der Waals surface area contributed by atoms with E-state index in [9.17, 15) is 4.79 Å². The molecule has 0 saturated heterocycles. The highest BCUT2D eigenvalue weighted by atomic mass is 16.2. The highest BCUT2D eigenvalue weighted by molar-refractivity contribution is 5.93. The minimum Gasteiger partial charge on any atom is -0.312 e. The van der Waals surface area contributed by atoms with Crippen LogP contribution >= 0.6 is 0 Å². The lowest BCUT2D eigenvalue weighted by Crippen LogP contribution is -2.39. The van der Waals surface area contributed by atoms with E-state index in [1.54, 1.807) is 24.3 Å². The van der Waals surface area contributed by atoms with Crippen LogP contribution in [0.2, 0.25) is 0 Å². The molecule has 5 nitrogen and oxygen atoms in total. The van der Waals surface area contributed by atoms with Crippen molar-refractivity contribution in [2.24, 2.45) is 0 Å². The van der Waals surface area contributed by atoms with E-state index in [1.165, 1.54) is 0 Å². The summed E-state index contributed by atoms with van der Waals surface area (Å²) in [7, 11) is 1.77. The average Bonchev–Trinajstić information content (AvgIpc) is 2.43. The van der Waals surface area contributed by atoms with Crippen LogP contribution in [0.5, 0.6) is 0 Å². The number of nitrogens with zero attached hydrogens (tertiary/aromatic N) is 4. The van der Waals surface area contributed by atoms with Gasteiger partial charge in [0.15, 0.2) is 0 Å². The lowest BCUT2D eigenvalue weighted by molar-refractivity contribution is -0.119. The van der Waals surface area contributed by atoms with Gasteiger partial charge < -0.3 is 4.90 Å². The Bertz CT molecular complexity index is 391. The highest BCUT2D eigenvalue weighted by Gasteiger charge is 2.14. The molecular formula is C14H24N4O. The molecule has 106 valence electrons. The fourth-order valence-electron chi connectivity index (χ4n) is 1.73. The van der Waals surface area contributed by atoms with Gasteiger partial charge in [-0.3, -0.25) is 9.69 Å². The molecule has 1 rings (SSSR count). The molecule has 1 heterocycles. The number of likely N-dealkylation sites (N-methyl/N-ethyl adjacent to an activating group) is 2. The third kappa shape index (κ3) is 4.95. The lowest BCUT2D eigenvalue weighted by atomic mass is 10.3. The van der Waals surface area contributed by atoms with Crippen molar-refractivity contribution in [3.05, 3.63) is 18.2 Å². The Balaban J connectivity index is 2.58. The van der Waals surface area contributed by atoms with Gasteiger partial charge in [0.1, 0.15) is 5.82 Å². The molecule has 0 radical (unpaired) electrons. The molecule has 0 unspecified atom stereocenters. The molecule has 0 aliphatic heterocycles. The Morgan fingerprint density at radius 1 is 1.26 bits per heavy atom. The summed E-state index contributed by atoms with van der Waals surface area (Å²) in [5, 5.41) is 0. The molecule has 0 bridgehead atoms. The molecule has 1 aromatic heterocycles. The molecule has 0 atom stereocenters. The topological polar surface area (TPSA) is 49.3 Å². The largest absolute Gasteiger partial charge is 0.312 e. The first-order chi connectivity index (χ1) is 9.08. The van der Waals surface area contributed by atoms with Crippen LogP contribution in [0.15, 0.2) is 12.4 Å². The van der Waals surface area contributed by atoms with Gasteiger partial charge in [-0.2, -0.15) is 0 Å². The van der Waals surface area contributed by atoms with Crippen molar-refractivity contribution in [3.63, 3.8) is 0 Å². The number of aromatic nitrogens is 2. The van der Waals surface area contributed by atoms with E-state index < -0.39 is 0 Å². The van der Waals surface area contributed by atoms with Crippen LogP contribution in [0.4, 0.5) is 5.69 Å². The minimum absolute atomic E-state index is 0.0745. The van der Waals surface area contributed by atoms with Gasteiger partial charge in [-0.1, -0.05) is 20.3 Å². The van der Waals surface area contributed by atoms with E-state index >= 15 is 0 Å². The fourth-order valence-corrected chi connectivity index (χ4v) is 1.73. The number of hydrogen-bond donors (Lipinski definition) is 0. The molecule has 0 spiro atoms. The van der Waals surface area contributed by atoms with E-state index in [4.69, 9.17) is 0 Å². The maximum atomic E-state index is 12.2. The van der Waals surface area contributed by atoms with Crippen LogP contribution in [0.3, 0.4) is 0 Å². The van der Waals surface area contributed by atoms with E-state index in [-0.39, 0.29) is 5.91 Å². The first-order valence-electron chi connectivity index (χ1n) is 6.86. The lowest BCUT2D eigenvalue weighted by Gasteiger charge is -2.23. The van der Waals surface area contributed by atoms with Gasteiger partial charge in [-0.05, 0) is 26.4 Å². The van der Waals surface area contributed by atoms with Crippen molar-refractivity contribution in [2.75, 3.05) is 31.6 Å². The Kier molecular flexibility index (Phi) is 6.42. The Morgan fingerprint density at radius 2 is 1.89 bits per heavy atom. The molecule has 0 aliphatic carbocycles. The van der Waals surface area contributed by atoms with Crippen LogP contribution in [-0.2, 0) is 4.79 Å². The second-order valence-corrected chi connectivity index (χ2v) is 4.66. The van der Waals surface area contributed by atoms with Crippen molar-refractivity contribution in [1.29, 1.82) is 0 Å². The summed E-state index contributed by atoms with van der Waals surface area (Å²) in [6.07, 6.45) is 5.63. The Morgan fingerprint density at radius 3 is 2.42 bits per heavy atom. The molecular weight excluding hydrogens is 240 g/mol. The van der Waals surface area contributed by atoms with Gasteiger partial charge in [0.25, 0.3) is 0 Å². The third-order valence-electron chi connectivity index (χ3n) is 3.16. The minimum atomic E-state index is 0.0745. The van der Waals surface area contributed by atoms with Gasteiger partial charge in [0, 0.05) is 7.05 Å². The molecule has 1 aromatic rings. The number of carbonyl (C=O) groups is 1. The van der Waals surface area contributed by atoms with Crippen molar-refractivity contribution in [2.45, 2.75) is 33.6 Å². The number of anilines is 1. The van der Waals surface area contributed by atoms with Gasteiger partial charge in [-0.25, -0.2) is 9.97 Å². The standard InChI is InChI=1S/C14H24N4O/c1-5-7-8-18(6-2)11-14(19)17(4)13-9-15-12(3)16-10-13/h9-10H,5-8,11H2,1-4H3. The average molecular weight is 264 g/mol. The maximum Gasteiger partial charge on any atom is 0.240 e. The first-order valence-corrected chi connectivity index (χ1v) is 6.86. The van der Waals surface area contributed by atoms with Crippen molar-refractivity contribution in [3.8, 4) is 0 Å². The zero-order valence-electron chi connectivity index (χ0n) is 12.4. The second kappa shape index (κ2) is 7.84. The van der Waals surface area contributed by atoms with Crippen molar-refractivity contribution < 1.29 is 4.79 Å². The summed E-state index contributed by atoms with van der Waals surface area (Å²) in [4.78, 5) is 24.2. The van der Waals surface area contributed by atoms with Crippen LogP contribution in [0.25, 0.3) is 0 Å². The number of amides is 1. The monoisotopic (exact) mass is 264 g/mol. The molecule has 0 aliphatic rings. The molecule has 0 N–H and O–H groups in total. The summed E-state index contributed by atoms with van der Waals surface area (Å²) in [6, 6.07) is 0. The number of unbranched alkanes of at least 4 members (excludes halogenated alkanes) is 1. The maximum absolute atomic E-state index is 12.2. The molecule has 0 saturated carbocycles. The smallest absolute Gasteiger partial charge is 0.240 e. The van der Waals surface area contributed by atoms with E-state index in [2.05, 4.69) is 28.7 Å². The first kappa shape index (κ1) is 15.6. The summed E-state index contributed by atoms with van der Waals surface area (Å²) in [5.74, 6) is 0.785. The van der Waals surface area contributed by atoms with E-state index in [0.29, 0.717) is 12.4 Å². The SMILES string of the molecule is CCCCN(CC)CC(=O)N(C)c1cnc(C)nc1.